The van der Waals surface area contributed by atoms with Crippen molar-refractivity contribution in [2.75, 3.05) is 13.2 Å². The monoisotopic (exact) mass is 294 g/mol. The Morgan fingerprint density at radius 1 is 1.50 bits per heavy atom. The summed E-state index contributed by atoms with van der Waals surface area (Å²) in [5.41, 5.74) is 0.0610. The first-order chi connectivity index (χ1) is 9.71. The molecule has 0 aromatic carbocycles. The van der Waals surface area contributed by atoms with E-state index >= 15 is 0 Å². The van der Waals surface area contributed by atoms with Crippen LogP contribution in [0.4, 0.5) is 0 Å². The Hall–Kier alpha value is -1.80. The number of aromatic nitrogens is 4. The number of tetrazole rings is 1. The van der Waals surface area contributed by atoms with Crippen molar-refractivity contribution in [1.29, 1.82) is 0 Å². The molecule has 7 nitrogen and oxygen atoms in total. The summed E-state index contributed by atoms with van der Waals surface area (Å²) in [5.74, 6) is -0.203. The van der Waals surface area contributed by atoms with Crippen LogP contribution >= 0.6 is 11.3 Å². The third-order valence-corrected chi connectivity index (χ3v) is 4.35. The first kappa shape index (κ1) is 13.2. The first-order valence-corrected chi connectivity index (χ1v) is 7.25. The fraction of sp³-hybridized carbons (Fsp3) is 0.500. The molecule has 1 aliphatic rings. The van der Waals surface area contributed by atoms with Crippen molar-refractivity contribution in [3.05, 3.63) is 16.8 Å². The highest BCUT2D eigenvalue weighted by molar-refractivity contribution is 7.08. The van der Waals surface area contributed by atoms with Crippen LogP contribution in [0.1, 0.15) is 12.8 Å². The molecule has 0 radical (unpaired) electrons. The van der Waals surface area contributed by atoms with Crippen molar-refractivity contribution in [3.8, 4) is 11.4 Å². The molecule has 0 bridgehead atoms. The molecule has 0 unspecified atom stereocenters. The summed E-state index contributed by atoms with van der Waals surface area (Å²) in [6, 6.07) is 1.92. The van der Waals surface area contributed by atoms with E-state index < -0.39 is 11.4 Å². The second-order valence-corrected chi connectivity index (χ2v) is 5.65. The van der Waals surface area contributed by atoms with Crippen LogP contribution in [-0.2, 0) is 16.1 Å². The van der Waals surface area contributed by atoms with Gasteiger partial charge in [0.2, 0.25) is 0 Å². The molecule has 0 saturated carbocycles. The van der Waals surface area contributed by atoms with Gasteiger partial charge in [0, 0.05) is 24.2 Å². The van der Waals surface area contributed by atoms with Gasteiger partial charge in [0.05, 0.1) is 12.0 Å². The average Bonchev–Trinajstić information content (AvgIpc) is 3.10. The lowest BCUT2D eigenvalue weighted by molar-refractivity contribution is -0.156. The second kappa shape index (κ2) is 5.29. The summed E-state index contributed by atoms with van der Waals surface area (Å²) in [4.78, 5) is 11.7. The van der Waals surface area contributed by atoms with E-state index in [4.69, 9.17) is 4.74 Å². The van der Waals surface area contributed by atoms with Gasteiger partial charge in [0.25, 0.3) is 0 Å². The standard InChI is InChI=1S/C12H14N4O3S/c17-11(18)12(2-4-19-5-3-12)8-16-10(13-14-15-16)9-1-6-20-7-9/h1,6-7H,2-5,8H2,(H,17,18). The fourth-order valence-corrected chi connectivity index (χ4v) is 3.03. The number of carboxylic acid groups (broad SMARTS) is 1. The minimum absolute atomic E-state index is 0.268. The van der Waals surface area contributed by atoms with Crippen LogP contribution in [0.25, 0.3) is 11.4 Å². The third-order valence-electron chi connectivity index (χ3n) is 3.67. The lowest BCUT2D eigenvalue weighted by atomic mass is 9.80. The zero-order valence-electron chi connectivity index (χ0n) is 10.7. The highest BCUT2D eigenvalue weighted by Gasteiger charge is 2.41. The Labute approximate surface area is 119 Å². The fourth-order valence-electron chi connectivity index (χ4n) is 2.40. The Morgan fingerprint density at radius 3 is 2.95 bits per heavy atom. The van der Waals surface area contributed by atoms with Crippen molar-refractivity contribution in [3.63, 3.8) is 0 Å². The maximum absolute atomic E-state index is 11.7. The first-order valence-electron chi connectivity index (χ1n) is 6.31. The number of rotatable bonds is 4. The van der Waals surface area contributed by atoms with Gasteiger partial charge in [-0.1, -0.05) is 0 Å². The molecule has 1 fully saturated rings. The molecule has 2 aromatic rings. The smallest absolute Gasteiger partial charge is 0.311 e. The SMILES string of the molecule is O=C(O)C1(Cn2nnnc2-c2ccsc2)CCOCC1. The molecule has 1 saturated heterocycles. The second-order valence-electron chi connectivity index (χ2n) is 4.87. The minimum Gasteiger partial charge on any atom is -0.481 e. The summed E-state index contributed by atoms with van der Waals surface area (Å²) in [6.07, 6.45) is 0.955. The van der Waals surface area contributed by atoms with Gasteiger partial charge in [0.15, 0.2) is 5.82 Å². The lowest BCUT2D eigenvalue weighted by Gasteiger charge is -2.32. The zero-order valence-corrected chi connectivity index (χ0v) is 11.5. The number of thiophene rings is 1. The molecule has 0 amide bonds. The molecule has 106 valence electrons. The highest BCUT2D eigenvalue weighted by atomic mass is 32.1. The van der Waals surface area contributed by atoms with Gasteiger partial charge in [-0.25, -0.2) is 4.68 Å². The van der Waals surface area contributed by atoms with Gasteiger partial charge in [-0.3, -0.25) is 4.79 Å². The Kier molecular flexibility index (Phi) is 3.49. The molecule has 3 heterocycles. The lowest BCUT2D eigenvalue weighted by Crippen LogP contribution is -2.41. The normalized spacial score (nSPS) is 18.0. The Balaban J connectivity index is 1.90. The van der Waals surface area contributed by atoms with Crippen LogP contribution in [0.5, 0.6) is 0 Å². The Bertz CT molecular complexity index is 590. The maximum atomic E-state index is 11.7. The van der Waals surface area contributed by atoms with E-state index in [9.17, 15) is 9.90 Å². The van der Waals surface area contributed by atoms with Crippen molar-refractivity contribution in [1.82, 2.24) is 20.2 Å². The van der Waals surface area contributed by atoms with Gasteiger partial charge in [-0.15, -0.1) is 5.10 Å². The molecule has 1 aliphatic heterocycles. The van der Waals surface area contributed by atoms with Crippen LogP contribution in [0.15, 0.2) is 16.8 Å². The average molecular weight is 294 g/mol. The van der Waals surface area contributed by atoms with Crippen molar-refractivity contribution in [2.45, 2.75) is 19.4 Å². The third kappa shape index (κ3) is 2.32. The number of hydrogen-bond acceptors (Lipinski definition) is 6. The van der Waals surface area contributed by atoms with E-state index in [-0.39, 0.29) is 6.54 Å². The van der Waals surface area contributed by atoms with Crippen LogP contribution in [0, 0.1) is 5.41 Å². The van der Waals surface area contributed by atoms with Crippen LogP contribution in [-0.4, -0.2) is 44.5 Å². The quantitative estimate of drug-likeness (QED) is 0.913. The highest BCUT2D eigenvalue weighted by Crippen LogP contribution is 2.33. The number of aliphatic carboxylic acids is 1. The summed E-state index contributed by atoms with van der Waals surface area (Å²) < 4.78 is 6.86. The maximum Gasteiger partial charge on any atom is 0.311 e. The number of nitrogens with zero attached hydrogens (tertiary/aromatic N) is 4. The largest absolute Gasteiger partial charge is 0.481 e. The predicted octanol–water partition coefficient (Wildman–Crippen LogP) is 1.28. The molecule has 0 aliphatic carbocycles. The van der Waals surface area contributed by atoms with Crippen molar-refractivity contribution < 1.29 is 14.6 Å². The summed E-state index contributed by atoms with van der Waals surface area (Å²) in [7, 11) is 0. The van der Waals surface area contributed by atoms with Crippen molar-refractivity contribution in [2.24, 2.45) is 5.41 Å². The van der Waals surface area contributed by atoms with Gasteiger partial charge in [-0.2, -0.15) is 11.3 Å². The van der Waals surface area contributed by atoms with Crippen molar-refractivity contribution >= 4 is 17.3 Å². The summed E-state index contributed by atoms with van der Waals surface area (Å²) in [5, 5.41) is 25.1. The molecular formula is C12H14N4O3S. The number of hydrogen-bond donors (Lipinski definition) is 1. The topological polar surface area (TPSA) is 90.1 Å². The molecular weight excluding hydrogens is 280 g/mol. The minimum atomic E-state index is -0.849. The molecule has 3 rings (SSSR count). The van der Waals surface area contributed by atoms with E-state index in [1.54, 1.807) is 16.0 Å². The van der Waals surface area contributed by atoms with E-state index in [2.05, 4.69) is 15.5 Å². The van der Waals surface area contributed by atoms with Gasteiger partial charge >= 0.3 is 5.97 Å². The summed E-state index contributed by atoms with van der Waals surface area (Å²) in [6.45, 7) is 1.19. The number of carbonyl (C=O) groups is 1. The number of ether oxygens (including phenoxy) is 1. The summed E-state index contributed by atoms with van der Waals surface area (Å²) >= 11 is 1.55. The molecule has 1 N–H and O–H groups in total. The Morgan fingerprint density at radius 2 is 2.30 bits per heavy atom. The van der Waals surface area contributed by atoms with Crippen LogP contribution in [0.3, 0.4) is 0 Å². The van der Waals surface area contributed by atoms with E-state index in [1.807, 2.05) is 16.8 Å². The number of carboxylic acids is 1. The zero-order chi connectivity index (χ0) is 14.0. The predicted molar refractivity (Wildman–Crippen MR) is 71.3 cm³/mol. The van der Waals surface area contributed by atoms with Crippen LogP contribution < -0.4 is 0 Å². The molecule has 0 spiro atoms. The van der Waals surface area contributed by atoms with Gasteiger partial charge in [-0.05, 0) is 34.7 Å². The van der Waals surface area contributed by atoms with Gasteiger partial charge in [0.1, 0.15) is 0 Å². The molecule has 2 aromatic heterocycles. The van der Waals surface area contributed by atoms with Gasteiger partial charge < -0.3 is 9.84 Å². The van der Waals surface area contributed by atoms with E-state index in [0.29, 0.717) is 31.9 Å². The molecule has 0 atom stereocenters. The molecule has 8 heteroatoms. The van der Waals surface area contributed by atoms with E-state index in [1.165, 1.54) is 0 Å². The molecule has 20 heavy (non-hydrogen) atoms. The van der Waals surface area contributed by atoms with E-state index in [0.717, 1.165) is 5.56 Å². The van der Waals surface area contributed by atoms with Crippen LogP contribution in [0.2, 0.25) is 0 Å².